The molecule has 1 amide bonds. The van der Waals surface area contributed by atoms with Crippen LogP contribution in [0.25, 0.3) is 11.5 Å². The molecule has 0 aliphatic heterocycles. The number of nitrogens with zero attached hydrogens (tertiary/aromatic N) is 2. The van der Waals surface area contributed by atoms with Gasteiger partial charge in [0.2, 0.25) is 5.89 Å². The summed E-state index contributed by atoms with van der Waals surface area (Å²) in [6.45, 7) is 1.91. The summed E-state index contributed by atoms with van der Waals surface area (Å²) < 4.78 is 19.5. The lowest BCUT2D eigenvalue weighted by atomic mass is 10.2. The van der Waals surface area contributed by atoms with Crippen molar-refractivity contribution < 1.29 is 13.6 Å². The lowest BCUT2D eigenvalue weighted by Crippen LogP contribution is -2.12. The monoisotopic (exact) mass is 375 g/mol. The first kappa shape index (κ1) is 15.4. The summed E-state index contributed by atoms with van der Waals surface area (Å²) >= 11 is 3.39. The molecule has 3 rings (SSSR count). The van der Waals surface area contributed by atoms with Crippen molar-refractivity contribution in [2.45, 2.75) is 6.92 Å². The fourth-order valence-electron chi connectivity index (χ4n) is 1.96. The highest BCUT2D eigenvalue weighted by molar-refractivity contribution is 9.10. The number of halogens is 2. The standard InChI is InChI=1S/C16H11BrFN3O2/c1-9-7-12(5-6-13(9)17)19-14(22)16-21-20-15(23-16)10-3-2-4-11(18)8-10/h2-8H,1H3,(H,19,22). The Labute approximate surface area is 139 Å². The van der Waals surface area contributed by atoms with E-state index in [9.17, 15) is 9.18 Å². The third-order valence-electron chi connectivity index (χ3n) is 3.11. The van der Waals surface area contributed by atoms with Crippen LogP contribution in [0.3, 0.4) is 0 Å². The molecule has 0 bridgehead atoms. The minimum absolute atomic E-state index is 0.0848. The zero-order chi connectivity index (χ0) is 16.4. The number of nitrogens with one attached hydrogen (secondary N) is 1. The molecule has 23 heavy (non-hydrogen) atoms. The fourth-order valence-corrected chi connectivity index (χ4v) is 2.21. The maximum atomic E-state index is 13.2. The molecule has 0 fully saturated rings. The largest absolute Gasteiger partial charge is 0.412 e. The first-order valence-corrected chi connectivity index (χ1v) is 7.49. The summed E-state index contributed by atoms with van der Waals surface area (Å²) in [6.07, 6.45) is 0. The average Bonchev–Trinajstić information content (AvgIpc) is 3.01. The molecule has 1 N–H and O–H groups in total. The normalized spacial score (nSPS) is 10.6. The summed E-state index contributed by atoms with van der Waals surface area (Å²) in [6, 6.07) is 11.1. The van der Waals surface area contributed by atoms with Gasteiger partial charge >= 0.3 is 11.8 Å². The van der Waals surface area contributed by atoms with Crippen molar-refractivity contribution in [3.05, 3.63) is 64.2 Å². The van der Waals surface area contributed by atoms with Crippen LogP contribution in [0.1, 0.15) is 16.2 Å². The Morgan fingerprint density at radius 1 is 1.22 bits per heavy atom. The van der Waals surface area contributed by atoms with Gasteiger partial charge in [0.05, 0.1) is 0 Å². The summed E-state index contributed by atoms with van der Waals surface area (Å²) in [5.74, 6) is -1.05. The van der Waals surface area contributed by atoms with Gasteiger partial charge in [0.1, 0.15) is 5.82 Å². The number of aromatic nitrogens is 2. The van der Waals surface area contributed by atoms with Crippen LogP contribution in [-0.4, -0.2) is 16.1 Å². The zero-order valence-electron chi connectivity index (χ0n) is 12.0. The van der Waals surface area contributed by atoms with Crippen LogP contribution in [0.5, 0.6) is 0 Å². The third kappa shape index (κ3) is 3.45. The molecule has 3 aromatic rings. The molecular formula is C16H11BrFN3O2. The maximum absolute atomic E-state index is 13.2. The number of benzene rings is 2. The Hall–Kier alpha value is -2.54. The van der Waals surface area contributed by atoms with Gasteiger partial charge in [-0.15, -0.1) is 10.2 Å². The Balaban J connectivity index is 1.79. The van der Waals surface area contributed by atoms with Gasteiger partial charge in [-0.05, 0) is 48.9 Å². The van der Waals surface area contributed by atoms with E-state index >= 15 is 0 Å². The smallest absolute Gasteiger partial charge is 0.313 e. The van der Waals surface area contributed by atoms with Crippen molar-refractivity contribution in [1.82, 2.24) is 10.2 Å². The van der Waals surface area contributed by atoms with Gasteiger partial charge in [0, 0.05) is 15.7 Å². The first-order valence-electron chi connectivity index (χ1n) is 6.70. The van der Waals surface area contributed by atoms with Gasteiger partial charge in [-0.3, -0.25) is 4.79 Å². The molecule has 1 heterocycles. The van der Waals surface area contributed by atoms with Gasteiger partial charge in [0.25, 0.3) is 0 Å². The van der Waals surface area contributed by atoms with E-state index in [2.05, 4.69) is 31.4 Å². The third-order valence-corrected chi connectivity index (χ3v) is 4.00. The highest BCUT2D eigenvalue weighted by Crippen LogP contribution is 2.21. The summed E-state index contributed by atoms with van der Waals surface area (Å²) in [5.41, 5.74) is 2.01. The van der Waals surface area contributed by atoms with E-state index in [0.29, 0.717) is 11.3 Å². The van der Waals surface area contributed by atoms with Crippen LogP contribution in [0.2, 0.25) is 0 Å². The van der Waals surface area contributed by atoms with Crippen LogP contribution < -0.4 is 5.32 Å². The predicted molar refractivity (Wildman–Crippen MR) is 86.5 cm³/mol. The van der Waals surface area contributed by atoms with E-state index in [1.165, 1.54) is 18.2 Å². The number of carbonyl (C=O) groups excluding carboxylic acids is 1. The molecule has 5 nitrogen and oxygen atoms in total. The van der Waals surface area contributed by atoms with E-state index in [1.807, 2.05) is 19.1 Å². The molecule has 1 aromatic heterocycles. The molecular weight excluding hydrogens is 365 g/mol. The first-order chi connectivity index (χ1) is 11.0. The van der Waals surface area contributed by atoms with E-state index in [1.54, 1.807) is 12.1 Å². The van der Waals surface area contributed by atoms with Gasteiger partial charge in [-0.1, -0.05) is 22.0 Å². The van der Waals surface area contributed by atoms with Crippen molar-refractivity contribution in [3.63, 3.8) is 0 Å². The van der Waals surface area contributed by atoms with Crippen molar-refractivity contribution >= 4 is 27.5 Å². The number of hydrogen-bond donors (Lipinski definition) is 1. The summed E-state index contributed by atoms with van der Waals surface area (Å²) in [4.78, 5) is 12.1. The lowest BCUT2D eigenvalue weighted by Gasteiger charge is -2.04. The Morgan fingerprint density at radius 3 is 2.78 bits per heavy atom. The van der Waals surface area contributed by atoms with Crippen molar-refractivity contribution in [1.29, 1.82) is 0 Å². The molecule has 0 unspecified atom stereocenters. The van der Waals surface area contributed by atoms with Crippen molar-refractivity contribution in [3.8, 4) is 11.5 Å². The molecule has 0 radical (unpaired) electrons. The van der Waals surface area contributed by atoms with Crippen LogP contribution in [0.15, 0.2) is 51.4 Å². The number of amides is 1. The molecule has 0 saturated carbocycles. The number of carbonyl (C=O) groups is 1. The topological polar surface area (TPSA) is 68.0 Å². The molecule has 0 aliphatic rings. The van der Waals surface area contributed by atoms with Crippen molar-refractivity contribution in [2.24, 2.45) is 0 Å². The molecule has 7 heteroatoms. The van der Waals surface area contributed by atoms with E-state index in [0.717, 1.165) is 10.0 Å². The Kier molecular flexibility index (Phi) is 4.20. The molecule has 0 spiro atoms. The second kappa shape index (κ2) is 6.29. The minimum Gasteiger partial charge on any atom is -0.412 e. The Morgan fingerprint density at radius 2 is 2.04 bits per heavy atom. The highest BCUT2D eigenvalue weighted by atomic mass is 79.9. The zero-order valence-corrected chi connectivity index (χ0v) is 13.6. The summed E-state index contributed by atoms with van der Waals surface area (Å²) in [7, 11) is 0. The second-order valence-corrected chi connectivity index (χ2v) is 5.70. The van der Waals surface area contributed by atoms with E-state index < -0.39 is 11.7 Å². The van der Waals surface area contributed by atoms with Gasteiger partial charge in [0.15, 0.2) is 0 Å². The molecule has 116 valence electrons. The quantitative estimate of drug-likeness (QED) is 0.744. The van der Waals surface area contributed by atoms with Gasteiger partial charge < -0.3 is 9.73 Å². The van der Waals surface area contributed by atoms with E-state index in [4.69, 9.17) is 4.42 Å². The lowest BCUT2D eigenvalue weighted by molar-refractivity contribution is 0.0991. The van der Waals surface area contributed by atoms with Crippen molar-refractivity contribution in [2.75, 3.05) is 5.32 Å². The highest BCUT2D eigenvalue weighted by Gasteiger charge is 2.16. The molecule has 0 saturated heterocycles. The Bertz CT molecular complexity index is 879. The second-order valence-electron chi connectivity index (χ2n) is 4.84. The van der Waals surface area contributed by atoms with Gasteiger partial charge in [-0.25, -0.2) is 4.39 Å². The SMILES string of the molecule is Cc1cc(NC(=O)c2nnc(-c3cccc(F)c3)o2)ccc1Br. The minimum atomic E-state index is -0.526. The number of anilines is 1. The van der Waals surface area contributed by atoms with E-state index in [-0.39, 0.29) is 11.8 Å². The van der Waals surface area contributed by atoms with Crippen LogP contribution in [-0.2, 0) is 0 Å². The average molecular weight is 376 g/mol. The number of rotatable bonds is 3. The molecule has 0 atom stereocenters. The van der Waals surface area contributed by atoms with Crippen LogP contribution >= 0.6 is 15.9 Å². The van der Waals surface area contributed by atoms with Crippen LogP contribution in [0, 0.1) is 12.7 Å². The fraction of sp³-hybridized carbons (Fsp3) is 0.0625. The molecule has 2 aromatic carbocycles. The van der Waals surface area contributed by atoms with Crippen LogP contribution in [0.4, 0.5) is 10.1 Å². The number of aryl methyl sites for hydroxylation is 1. The van der Waals surface area contributed by atoms with Gasteiger partial charge in [-0.2, -0.15) is 0 Å². The predicted octanol–water partition coefficient (Wildman–Crippen LogP) is 4.20. The molecule has 0 aliphatic carbocycles. The number of hydrogen-bond acceptors (Lipinski definition) is 4. The summed E-state index contributed by atoms with van der Waals surface area (Å²) in [5, 5.41) is 10.1. The maximum Gasteiger partial charge on any atom is 0.313 e.